The minimum Gasteiger partial charge on any atom is -0.394 e. The summed E-state index contributed by atoms with van der Waals surface area (Å²) in [5, 5.41) is 24.4. The Kier molecular flexibility index (Phi) is 3.99. The van der Waals surface area contributed by atoms with Crippen LogP contribution in [-0.2, 0) is 11.2 Å². The van der Waals surface area contributed by atoms with Gasteiger partial charge in [-0.1, -0.05) is 12.1 Å². The van der Waals surface area contributed by atoms with Gasteiger partial charge < -0.3 is 10.4 Å². The molecule has 1 aromatic heterocycles. The van der Waals surface area contributed by atoms with E-state index in [1.54, 1.807) is 0 Å². The summed E-state index contributed by atoms with van der Waals surface area (Å²) in [5.41, 5.74) is 0. The van der Waals surface area contributed by atoms with E-state index in [-0.39, 0.29) is 25.0 Å². The van der Waals surface area contributed by atoms with Gasteiger partial charge in [-0.3, -0.25) is 4.79 Å². The van der Waals surface area contributed by atoms with Crippen LogP contribution in [0.1, 0.15) is 19.2 Å². The van der Waals surface area contributed by atoms with E-state index in [1.807, 2.05) is 6.92 Å². The monoisotopic (exact) mass is 199 g/mol. The van der Waals surface area contributed by atoms with E-state index in [0.29, 0.717) is 12.2 Å². The van der Waals surface area contributed by atoms with E-state index in [0.717, 1.165) is 0 Å². The molecule has 7 heteroatoms. The highest BCUT2D eigenvalue weighted by Gasteiger charge is 2.11. The fourth-order valence-electron chi connectivity index (χ4n) is 0.957. The van der Waals surface area contributed by atoms with Crippen LogP contribution in [0.4, 0.5) is 0 Å². The van der Waals surface area contributed by atoms with Crippen molar-refractivity contribution in [1.29, 1.82) is 0 Å². The molecule has 7 nitrogen and oxygen atoms in total. The molecular weight excluding hydrogens is 186 g/mol. The summed E-state index contributed by atoms with van der Waals surface area (Å²) >= 11 is 0. The minimum atomic E-state index is -0.215. The first-order chi connectivity index (χ1) is 6.76. The number of tetrazole rings is 1. The number of nitrogens with one attached hydrogen (secondary N) is 2. The van der Waals surface area contributed by atoms with Gasteiger partial charge in [-0.05, 0) is 6.42 Å². The second-order valence-corrected chi connectivity index (χ2v) is 2.86. The van der Waals surface area contributed by atoms with Crippen LogP contribution in [0.2, 0.25) is 0 Å². The number of carbonyl (C=O) groups is 1. The van der Waals surface area contributed by atoms with Crippen LogP contribution in [0.25, 0.3) is 0 Å². The van der Waals surface area contributed by atoms with Crippen LogP contribution in [0.3, 0.4) is 0 Å². The molecule has 1 amide bonds. The lowest BCUT2D eigenvalue weighted by Crippen LogP contribution is -2.38. The Bertz CT molecular complexity index is 270. The van der Waals surface area contributed by atoms with Crippen molar-refractivity contribution in [2.24, 2.45) is 0 Å². The van der Waals surface area contributed by atoms with E-state index in [1.165, 1.54) is 0 Å². The molecule has 1 unspecified atom stereocenters. The average molecular weight is 199 g/mol. The summed E-state index contributed by atoms with van der Waals surface area (Å²) in [6.45, 7) is 1.82. The molecule has 1 aromatic rings. The van der Waals surface area contributed by atoms with Gasteiger partial charge in [-0.2, -0.15) is 5.21 Å². The zero-order valence-corrected chi connectivity index (χ0v) is 7.90. The summed E-state index contributed by atoms with van der Waals surface area (Å²) in [4.78, 5) is 11.3. The highest BCUT2D eigenvalue weighted by atomic mass is 16.3. The van der Waals surface area contributed by atoms with Crippen molar-refractivity contribution >= 4 is 5.91 Å². The van der Waals surface area contributed by atoms with Crippen molar-refractivity contribution in [1.82, 2.24) is 25.9 Å². The van der Waals surface area contributed by atoms with E-state index in [9.17, 15) is 4.79 Å². The van der Waals surface area contributed by atoms with E-state index in [4.69, 9.17) is 5.11 Å². The predicted molar refractivity (Wildman–Crippen MR) is 47.2 cm³/mol. The van der Waals surface area contributed by atoms with Gasteiger partial charge in [0.15, 0.2) is 5.82 Å². The van der Waals surface area contributed by atoms with Gasteiger partial charge in [0.25, 0.3) is 0 Å². The fourth-order valence-corrected chi connectivity index (χ4v) is 0.957. The summed E-state index contributed by atoms with van der Waals surface area (Å²) in [5.74, 6) is 0.127. The number of H-pyrrole nitrogens is 1. The molecule has 0 bridgehead atoms. The first kappa shape index (κ1) is 10.6. The molecule has 0 aliphatic heterocycles. The summed E-state index contributed by atoms with van der Waals surface area (Å²) in [6, 6.07) is -0.200. The third-order valence-corrected chi connectivity index (χ3v) is 1.79. The van der Waals surface area contributed by atoms with E-state index < -0.39 is 0 Å². The number of aromatic nitrogens is 4. The Hall–Kier alpha value is -1.50. The third kappa shape index (κ3) is 3.09. The molecule has 14 heavy (non-hydrogen) atoms. The van der Waals surface area contributed by atoms with Crippen molar-refractivity contribution in [3.8, 4) is 0 Å². The number of amides is 1. The first-order valence-corrected chi connectivity index (χ1v) is 4.38. The zero-order valence-electron chi connectivity index (χ0n) is 7.90. The Morgan fingerprint density at radius 1 is 1.71 bits per heavy atom. The largest absolute Gasteiger partial charge is 0.394 e. The quantitative estimate of drug-likeness (QED) is 0.542. The summed E-state index contributed by atoms with van der Waals surface area (Å²) in [6.07, 6.45) is 0.765. The summed E-state index contributed by atoms with van der Waals surface area (Å²) in [7, 11) is 0. The van der Waals surface area contributed by atoms with Crippen LogP contribution in [-0.4, -0.2) is 44.3 Å². The molecule has 1 rings (SSSR count). The normalized spacial score (nSPS) is 12.4. The molecule has 0 aliphatic rings. The van der Waals surface area contributed by atoms with Gasteiger partial charge in [-0.15, -0.1) is 10.2 Å². The number of nitrogens with zero attached hydrogens (tertiary/aromatic N) is 3. The number of hydrogen-bond donors (Lipinski definition) is 3. The zero-order chi connectivity index (χ0) is 10.4. The number of hydrogen-bond acceptors (Lipinski definition) is 5. The molecule has 0 aromatic carbocycles. The van der Waals surface area contributed by atoms with Gasteiger partial charge in [0.05, 0.1) is 19.1 Å². The lowest BCUT2D eigenvalue weighted by molar-refractivity contribution is -0.121. The molecule has 3 N–H and O–H groups in total. The molecule has 78 valence electrons. The van der Waals surface area contributed by atoms with Gasteiger partial charge in [0.1, 0.15) is 0 Å². The average Bonchev–Trinajstić information content (AvgIpc) is 2.66. The predicted octanol–water partition coefficient (Wildman–Crippen LogP) is -1.37. The third-order valence-electron chi connectivity index (χ3n) is 1.79. The maximum Gasteiger partial charge on any atom is 0.228 e. The molecule has 0 spiro atoms. The number of carbonyl (C=O) groups excluding carboxylic acids is 1. The van der Waals surface area contributed by atoms with Gasteiger partial charge in [0, 0.05) is 0 Å². The molecule has 0 fully saturated rings. The molecule has 0 radical (unpaired) electrons. The standard InChI is InChI=1S/C7H13N5O2/c1-2-5(4-13)8-7(14)3-6-9-11-12-10-6/h5,13H,2-4H2,1H3,(H,8,14)(H,9,10,11,12). The molecule has 0 aliphatic carbocycles. The highest BCUT2D eigenvalue weighted by molar-refractivity contribution is 5.77. The Balaban J connectivity index is 2.35. The highest BCUT2D eigenvalue weighted by Crippen LogP contribution is 1.91. The number of aliphatic hydroxyl groups is 1. The summed E-state index contributed by atoms with van der Waals surface area (Å²) < 4.78 is 0. The Morgan fingerprint density at radius 2 is 2.50 bits per heavy atom. The van der Waals surface area contributed by atoms with Crippen molar-refractivity contribution < 1.29 is 9.90 Å². The van der Waals surface area contributed by atoms with E-state index in [2.05, 4.69) is 25.9 Å². The molecule has 1 atom stereocenters. The molecule has 1 heterocycles. The first-order valence-electron chi connectivity index (χ1n) is 4.38. The van der Waals surface area contributed by atoms with Crippen molar-refractivity contribution in [2.45, 2.75) is 25.8 Å². The lowest BCUT2D eigenvalue weighted by atomic mass is 10.2. The Labute approximate surface area is 80.9 Å². The molecule has 0 saturated carbocycles. The van der Waals surface area contributed by atoms with Gasteiger partial charge in [0.2, 0.25) is 5.91 Å². The van der Waals surface area contributed by atoms with Gasteiger partial charge >= 0.3 is 0 Å². The Morgan fingerprint density at radius 3 is 3.00 bits per heavy atom. The fraction of sp³-hybridized carbons (Fsp3) is 0.714. The lowest BCUT2D eigenvalue weighted by Gasteiger charge is -2.12. The van der Waals surface area contributed by atoms with Crippen LogP contribution in [0.5, 0.6) is 0 Å². The maximum atomic E-state index is 11.3. The second kappa shape index (κ2) is 5.28. The van der Waals surface area contributed by atoms with Gasteiger partial charge in [-0.25, -0.2) is 0 Å². The topological polar surface area (TPSA) is 104 Å². The van der Waals surface area contributed by atoms with Crippen LogP contribution >= 0.6 is 0 Å². The van der Waals surface area contributed by atoms with Crippen molar-refractivity contribution in [3.05, 3.63) is 5.82 Å². The number of aromatic amines is 1. The minimum absolute atomic E-state index is 0.0610. The smallest absolute Gasteiger partial charge is 0.228 e. The van der Waals surface area contributed by atoms with Crippen LogP contribution < -0.4 is 5.32 Å². The van der Waals surface area contributed by atoms with Crippen LogP contribution in [0, 0.1) is 0 Å². The molecular formula is C7H13N5O2. The van der Waals surface area contributed by atoms with Crippen molar-refractivity contribution in [3.63, 3.8) is 0 Å². The number of aliphatic hydroxyl groups excluding tert-OH is 1. The van der Waals surface area contributed by atoms with Crippen molar-refractivity contribution in [2.75, 3.05) is 6.61 Å². The molecule has 0 saturated heterocycles. The van der Waals surface area contributed by atoms with Crippen LogP contribution in [0.15, 0.2) is 0 Å². The number of rotatable bonds is 5. The van der Waals surface area contributed by atoms with E-state index >= 15 is 0 Å². The SMILES string of the molecule is CCC(CO)NC(=O)Cc1nn[nH]n1. The maximum absolute atomic E-state index is 11.3. The second-order valence-electron chi connectivity index (χ2n) is 2.86.